The van der Waals surface area contributed by atoms with E-state index in [2.05, 4.69) is 5.32 Å². The van der Waals surface area contributed by atoms with Crippen LogP contribution in [0.15, 0.2) is 53.4 Å². The minimum Gasteiger partial charge on any atom is -0.354 e. The van der Waals surface area contributed by atoms with E-state index in [0.717, 1.165) is 24.0 Å². The van der Waals surface area contributed by atoms with Gasteiger partial charge in [-0.25, -0.2) is 12.8 Å². The second kappa shape index (κ2) is 12.5. The maximum Gasteiger partial charge on any atom is 0.243 e. The molecule has 1 N–H and O–H groups in total. The number of nitrogens with zero attached hydrogens (tertiary/aromatic N) is 2. The van der Waals surface area contributed by atoms with Crippen molar-refractivity contribution in [3.63, 3.8) is 0 Å². The fourth-order valence-corrected chi connectivity index (χ4v) is 5.64. The second-order valence-corrected chi connectivity index (χ2v) is 11.7. The predicted octanol–water partition coefficient (Wildman–Crippen LogP) is 3.73. The van der Waals surface area contributed by atoms with Crippen molar-refractivity contribution in [2.24, 2.45) is 5.92 Å². The first-order valence-electron chi connectivity index (χ1n) is 12.5. The van der Waals surface area contributed by atoms with Crippen molar-refractivity contribution in [1.82, 2.24) is 14.5 Å². The van der Waals surface area contributed by atoms with Crippen molar-refractivity contribution in [3.8, 4) is 0 Å². The number of nitrogens with one attached hydrogen (secondary N) is 1. The second-order valence-electron chi connectivity index (χ2n) is 9.72. The topological polar surface area (TPSA) is 86.8 Å². The fraction of sp³-hybridized carbons (Fsp3) is 0.481. The van der Waals surface area contributed by atoms with Gasteiger partial charge < -0.3 is 10.2 Å². The van der Waals surface area contributed by atoms with Crippen LogP contribution in [0.4, 0.5) is 4.39 Å². The minimum absolute atomic E-state index is 0.154. The molecule has 1 saturated heterocycles. The van der Waals surface area contributed by atoms with Crippen LogP contribution in [0.25, 0.3) is 0 Å². The van der Waals surface area contributed by atoms with Gasteiger partial charge in [0.1, 0.15) is 11.9 Å². The standard InChI is InChI=1S/C27H36FN3O4S/c1-20(2)18-29-27(33)21(3)31(19-23-6-11-24(28)12-7-23)26(32)15-10-22-8-13-25(14-9-22)36(34,35)30-16-4-5-17-30/h6-9,11-14,20-21H,4-5,10,15-19H2,1-3H3,(H,29,33). The van der Waals surface area contributed by atoms with Crippen LogP contribution in [0.1, 0.15) is 51.2 Å². The predicted molar refractivity (Wildman–Crippen MR) is 137 cm³/mol. The van der Waals surface area contributed by atoms with E-state index in [1.807, 2.05) is 13.8 Å². The monoisotopic (exact) mass is 517 g/mol. The Bertz CT molecular complexity index is 1130. The van der Waals surface area contributed by atoms with Gasteiger partial charge in [0.05, 0.1) is 4.90 Å². The Labute approximate surface area is 213 Å². The number of benzene rings is 2. The molecule has 9 heteroatoms. The van der Waals surface area contributed by atoms with Crippen molar-refractivity contribution < 1.29 is 22.4 Å². The quantitative estimate of drug-likeness (QED) is 0.492. The lowest BCUT2D eigenvalue weighted by Gasteiger charge is -2.29. The summed E-state index contributed by atoms with van der Waals surface area (Å²) in [5.41, 5.74) is 1.56. The van der Waals surface area contributed by atoms with Gasteiger partial charge in [0, 0.05) is 32.6 Å². The molecule has 3 rings (SSSR count). The summed E-state index contributed by atoms with van der Waals surface area (Å²) in [5.74, 6) is -0.537. The third kappa shape index (κ3) is 7.36. The average Bonchev–Trinajstić information content (AvgIpc) is 3.41. The molecule has 1 unspecified atom stereocenters. The molecule has 1 atom stereocenters. The molecule has 0 aliphatic carbocycles. The Morgan fingerprint density at radius 3 is 2.14 bits per heavy atom. The summed E-state index contributed by atoms with van der Waals surface area (Å²) in [7, 11) is -3.48. The Kier molecular flexibility index (Phi) is 9.62. The fourth-order valence-electron chi connectivity index (χ4n) is 4.12. The molecule has 0 aromatic heterocycles. The van der Waals surface area contributed by atoms with Crippen molar-refractivity contribution in [1.29, 1.82) is 0 Å². The van der Waals surface area contributed by atoms with Gasteiger partial charge in [-0.2, -0.15) is 4.31 Å². The van der Waals surface area contributed by atoms with Crippen molar-refractivity contribution in [2.75, 3.05) is 19.6 Å². The number of carbonyl (C=O) groups is 2. The first-order valence-corrected chi connectivity index (χ1v) is 13.9. The summed E-state index contributed by atoms with van der Waals surface area (Å²) in [4.78, 5) is 27.7. The summed E-state index contributed by atoms with van der Waals surface area (Å²) >= 11 is 0. The molecular weight excluding hydrogens is 481 g/mol. The lowest BCUT2D eigenvalue weighted by molar-refractivity contribution is -0.140. The zero-order valence-corrected chi connectivity index (χ0v) is 22.1. The van der Waals surface area contributed by atoms with Gasteiger partial charge >= 0.3 is 0 Å². The van der Waals surface area contributed by atoms with E-state index in [1.165, 1.54) is 21.3 Å². The van der Waals surface area contributed by atoms with Crippen LogP contribution in [0.5, 0.6) is 0 Å². The number of carbonyl (C=O) groups excluding carboxylic acids is 2. The Hall–Kier alpha value is -2.78. The molecule has 0 radical (unpaired) electrons. The molecule has 1 aliphatic rings. The number of sulfonamides is 1. The van der Waals surface area contributed by atoms with E-state index >= 15 is 0 Å². The number of amides is 2. The van der Waals surface area contributed by atoms with Gasteiger partial charge in [-0.15, -0.1) is 0 Å². The maximum atomic E-state index is 13.4. The lowest BCUT2D eigenvalue weighted by atomic mass is 10.1. The molecular formula is C27H36FN3O4S. The molecule has 0 bridgehead atoms. The first kappa shape index (κ1) is 27.8. The molecule has 1 heterocycles. The van der Waals surface area contributed by atoms with Crippen LogP contribution in [-0.2, 0) is 32.6 Å². The highest BCUT2D eigenvalue weighted by atomic mass is 32.2. The van der Waals surface area contributed by atoms with E-state index in [-0.39, 0.29) is 41.4 Å². The van der Waals surface area contributed by atoms with Gasteiger partial charge in [0.25, 0.3) is 0 Å². The zero-order valence-electron chi connectivity index (χ0n) is 21.2. The normalized spacial score (nSPS) is 15.1. The number of halogens is 1. The molecule has 2 aromatic carbocycles. The third-order valence-corrected chi connectivity index (χ3v) is 8.28. The molecule has 0 saturated carbocycles. The minimum atomic E-state index is -3.48. The third-order valence-electron chi connectivity index (χ3n) is 6.37. The van der Waals surface area contributed by atoms with Crippen LogP contribution in [0, 0.1) is 11.7 Å². The van der Waals surface area contributed by atoms with Crippen LogP contribution >= 0.6 is 0 Å². The smallest absolute Gasteiger partial charge is 0.243 e. The Balaban J connectivity index is 1.68. The highest BCUT2D eigenvalue weighted by molar-refractivity contribution is 7.89. The van der Waals surface area contributed by atoms with Crippen molar-refractivity contribution in [2.45, 2.75) is 63.9 Å². The van der Waals surface area contributed by atoms with E-state index in [9.17, 15) is 22.4 Å². The van der Waals surface area contributed by atoms with E-state index in [1.54, 1.807) is 43.3 Å². The Morgan fingerprint density at radius 1 is 0.972 bits per heavy atom. The van der Waals surface area contributed by atoms with Crippen LogP contribution in [-0.4, -0.2) is 55.1 Å². The van der Waals surface area contributed by atoms with Gasteiger partial charge in [0.2, 0.25) is 21.8 Å². The number of aryl methyl sites for hydroxylation is 1. The number of rotatable bonds is 11. The number of hydrogen-bond acceptors (Lipinski definition) is 4. The SMILES string of the molecule is CC(C)CNC(=O)C(C)N(Cc1ccc(F)cc1)C(=O)CCc1ccc(S(=O)(=O)N2CCCC2)cc1. The highest BCUT2D eigenvalue weighted by Crippen LogP contribution is 2.22. The highest BCUT2D eigenvalue weighted by Gasteiger charge is 2.28. The molecule has 7 nitrogen and oxygen atoms in total. The van der Waals surface area contributed by atoms with E-state index in [4.69, 9.17) is 0 Å². The van der Waals surface area contributed by atoms with Gasteiger partial charge in [-0.1, -0.05) is 38.1 Å². The van der Waals surface area contributed by atoms with Gasteiger partial charge in [-0.3, -0.25) is 9.59 Å². The molecule has 0 spiro atoms. The first-order chi connectivity index (χ1) is 17.1. The van der Waals surface area contributed by atoms with Gasteiger partial charge in [0.15, 0.2) is 0 Å². The van der Waals surface area contributed by atoms with Crippen LogP contribution in [0.3, 0.4) is 0 Å². The number of hydrogen-bond donors (Lipinski definition) is 1. The lowest BCUT2D eigenvalue weighted by Crippen LogP contribution is -2.48. The maximum absolute atomic E-state index is 13.4. The summed E-state index contributed by atoms with van der Waals surface area (Å²) < 4.78 is 40.3. The van der Waals surface area contributed by atoms with Crippen LogP contribution < -0.4 is 5.32 Å². The van der Waals surface area contributed by atoms with E-state index in [0.29, 0.717) is 26.1 Å². The molecule has 196 valence electrons. The molecule has 2 aromatic rings. The molecule has 1 aliphatic heterocycles. The van der Waals surface area contributed by atoms with Crippen molar-refractivity contribution in [3.05, 3.63) is 65.5 Å². The van der Waals surface area contributed by atoms with Gasteiger partial charge in [-0.05, 0) is 67.5 Å². The summed E-state index contributed by atoms with van der Waals surface area (Å²) in [6, 6.07) is 11.8. The summed E-state index contributed by atoms with van der Waals surface area (Å²) in [5, 5.41) is 2.88. The largest absolute Gasteiger partial charge is 0.354 e. The summed E-state index contributed by atoms with van der Waals surface area (Å²) in [6.07, 6.45) is 2.31. The average molecular weight is 518 g/mol. The molecule has 2 amide bonds. The van der Waals surface area contributed by atoms with Crippen molar-refractivity contribution >= 4 is 21.8 Å². The zero-order chi connectivity index (χ0) is 26.3. The summed E-state index contributed by atoms with van der Waals surface area (Å²) in [6.45, 7) is 7.46. The van der Waals surface area contributed by atoms with E-state index < -0.39 is 16.1 Å². The van der Waals surface area contributed by atoms with Crippen LogP contribution in [0.2, 0.25) is 0 Å². The Morgan fingerprint density at radius 2 is 1.56 bits per heavy atom. The molecule has 36 heavy (non-hydrogen) atoms. The molecule has 1 fully saturated rings.